The summed E-state index contributed by atoms with van der Waals surface area (Å²) in [6, 6.07) is 5.52. The molecule has 2 aromatic rings. The van der Waals surface area contributed by atoms with Crippen molar-refractivity contribution in [1.29, 1.82) is 0 Å². The number of aromatic nitrogens is 2. The van der Waals surface area contributed by atoms with Crippen molar-refractivity contribution in [2.45, 2.75) is 19.8 Å². The van der Waals surface area contributed by atoms with Crippen LogP contribution in [0.25, 0.3) is 5.52 Å². The van der Waals surface area contributed by atoms with E-state index in [1.165, 1.54) is 6.20 Å². The smallest absolute Gasteiger partial charge is 0.306 e. The van der Waals surface area contributed by atoms with Gasteiger partial charge in [-0.1, -0.05) is 13.0 Å². The van der Waals surface area contributed by atoms with Gasteiger partial charge in [0.15, 0.2) is 0 Å². The van der Waals surface area contributed by atoms with Gasteiger partial charge in [-0.2, -0.15) is 5.10 Å². The van der Waals surface area contributed by atoms with Crippen LogP contribution in [0.1, 0.15) is 30.1 Å². The molecule has 0 aliphatic heterocycles. The van der Waals surface area contributed by atoms with Gasteiger partial charge in [-0.3, -0.25) is 9.59 Å². The molecule has 1 unspecified atom stereocenters. The summed E-state index contributed by atoms with van der Waals surface area (Å²) < 4.78 is 1.64. The summed E-state index contributed by atoms with van der Waals surface area (Å²) in [6.45, 7) is 2.12. The van der Waals surface area contributed by atoms with Gasteiger partial charge in [-0.05, 0) is 25.0 Å². The van der Waals surface area contributed by atoms with Crippen LogP contribution in [0, 0.1) is 5.92 Å². The number of pyridine rings is 1. The van der Waals surface area contributed by atoms with Gasteiger partial charge >= 0.3 is 5.97 Å². The number of rotatable bonds is 6. The minimum Gasteiger partial charge on any atom is -0.481 e. The minimum absolute atomic E-state index is 0.186. The van der Waals surface area contributed by atoms with Gasteiger partial charge in [-0.15, -0.1) is 0 Å². The van der Waals surface area contributed by atoms with E-state index in [2.05, 4.69) is 10.4 Å². The zero-order chi connectivity index (χ0) is 14.5. The molecule has 0 bridgehead atoms. The SMILES string of the molecule is CC(CCCNC(=O)c1cnn2ccccc12)C(=O)O. The molecule has 0 radical (unpaired) electrons. The summed E-state index contributed by atoms with van der Waals surface area (Å²) in [4.78, 5) is 22.7. The van der Waals surface area contributed by atoms with Crippen LogP contribution in [0.15, 0.2) is 30.6 Å². The van der Waals surface area contributed by atoms with E-state index in [-0.39, 0.29) is 11.8 Å². The normalized spacial score (nSPS) is 12.2. The fraction of sp³-hybridized carbons (Fsp3) is 0.357. The molecule has 2 aromatic heterocycles. The summed E-state index contributed by atoms with van der Waals surface area (Å²) in [5.74, 6) is -1.38. The number of nitrogens with zero attached hydrogens (tertiary/aromatic N) is 2. The number of hydrogen-bond acceptors (Lipinski definition) is 3. The zero-order valence-corrected chi connectivity index (χ0v) is 11.2. The number of aliphatic carboxylic acids is 1. The summed E-state index contributed by atoms with van der Waals surface area (Å²) >= 11 is 0. The molecule has 0 saturated carbocycles. The van der Waals surface area contributed by atoms with Crippen LogP contribution in [-0.2, 0) is 4.79 Å². The highest BCUT2D eigenvalue weighted by atomic mass is 16.4. The van der Waals surface area contributed by atoms with Crippen LogP contribution in [0.4, 0.5) is 0 Å². The highest BCUT2D eigenvalue weighted by molar-refractivity contribution is 6.00. The van der Waals surface area contributed by atoms with Crippen LogP contribution in [0.2, 0.25) is 0 Å². The Morgan fingerprint density at radius 1 is 1.45 bits per heavy atom. The third-order valence-electron chi connectivity index (χ3n) is 3.19. The maximum Gasteiger partial charge on any atom is 0.306 e. The lowest BCUT2D eigenvalue weighted by Gasteiger charge is -2.07. The largest absolute Gasteiger partial charge is 0.481 e. The summed E-state index contributed by atoms with van der Waals surface area (Å²) in [5.41, 5.74) is 1.28. The molecule has 6 nitrogen and oxygen atoms in total. The summed E-state index contributed by atoms with van der Waals surface area (Å²) in [6.07, 6.45) is 4.49. The Balaban J connectivity index is 1.88. The monoisotopic (exact) mass is 275 g/mol. The first-order chi connectivity index (χ1) is 9.59. The first kappa shape index (κ1) is 14.0. The van der Waals surface area contributed by atoms with E-state index in [0.717, 1.165) is 5.52 Å². The van der Waals surface area contributed by atoms with Crippen LogP contribution >= 0.6 is 0 Å². The number of nitrogens with one attached hydrogen (secondary N) is 1. The number of fused-ring (bicyclic) bond motifs is 1. The Kier molecular flexibility index (Phi) is 4.34. The van der Waals surface area contributed by atoms with Gasteiger partial charge in [0.2, 0.25) is 0 Å². The third-order valence-corrected chi connectivity index (χ3v) is 3.19. The molecule has 2 rings (SSSR count). The molecule has 0 aliphatic carbocycles. The summed E-state index contributed by atoms with van der Waals surface area (Å²) in [7, 11) is 0. The Morgan fingerprint density at radius 3 is 3.00 bits per heavy atom. The van der Waals surface area contributed by atoms with E-state index >= 15 is 0 Å². The molecule has 0 fully saturated rings. The average molecular weight is 275 g/mol. The van der Waals surface area contributed by atoms with Gasteiger partial charge < -0.3 is 10.4 Å². The molecular formula is C14H17N3O3. The van der Waals surface area contributed by atoms with Gasteiger partial charge in [0.25, 0.3) is 5.91 Å². The highest BCUT2D eigenvalue weighted by Crippen LogP contribution is 2.10. The van der Waals surface area contributed by atoms with Crippen molar-refractivity contribution < 1.29 is 14.7 Å². The predicted octanol–water partition coefficient (Wildman–Crippen LogP) is 1.57. The van der Waals surface area contributed by atoms with E-state index in [1.54, 1.807) is 17.6 Å². The molecule has 1 amide bonds. The van der Waals surface area contributed by atoms with Crippen molar-refractivity contribution in [2.75, 3.05) is 6.54 Å². The van der Waals surface area contributed by atoms with E-state index in [9.17, 15) is 9.59 Å². The number of carbonyl (C=O) groups is 2. The number of hydrogen-bond donors (Lipinski definition) is 2. The second kappa shape index (κ2) is 6.18. The molecule has 0 aromatic carbocycles. The molecule has 1 atom stereocenters. The topological polar surface area (TPSA) is 83.7 Å². The standard InChI is InChI=1S/C14H17N3O3/c1-10(14(19)20)5-4-7-15-13(18)11-9-16-17-8-3-2-6-12(11)17/h2-3,6,8-10H,4-5,7H2,1H3,(H,15,18)(H,19,20). The van der Waals surface area contributed by atoms with Crippen molar-refractivity contribution >= 4 is 17.4 Å². The maximum absolute atomic E-state index is 12.0. The van der Waals surface area contributed by atoms with Gasteiger partial charge in [0.05, 0.1) is 23.2 Å². The lowest BCUT2D eigenvalue weighted by atomic mass is 10.1. The second-order valence-corrected chi connectivity index (χ2v) is 4.73. The van der Waals surface area contributed by atoms with Gasteiger partial charge in [0.1, 0.15) is 0 Å². The molecular weight excluding hydrogens is 258 g/mol. The average Bonchev–Trinajstić information content (AvgIpc) is 2.87. The molecule has 106 valence electrons. The molecule has 6 heteroatoms. The molecule has 0 spiro atoms. The van der Waals surface area contributed by atoms with Crippen LogP contribution in [0.5, 0.6) is 0 Å². The van der Waals surface area contributed by atoms with Gasteiger partial charge in [0, 0.05) is 12.7 Å². The second-order valence-electron chi connectivity index (χ2n) is 4.73. The summed E-state index contributed by atoms with van der Waals surface area (Å²) in [5, 5.41) is 15.6. The molecule has 0 saturated heterocycles. The van der Waals surface area contributed by atoms with E-state index < -0.39 is 5.97 Å². The Morgan fingerprint density at radius 2 is 2.25 bits per heavy atom. The first-order valence-corrected chi connectivity index (χ1v) is 6.53. The Hall–Kier alpha value is -2.37. The number of carbonyl (C=O) groups excluding carboxylic acids is 1. The zero-order valence-electron chi connectivity index (χ0n) is 11.2. The predicted molar refractivity (Wildman–Crippen MR) is 73.6 cm³/mol. The van der Waals surface area contributed by atoms with Gasteiger partial charge in [-0.25, -0.2) is 4.52 Å². The molecule has 20 heavy (non-hydrogen) atoms. The van der Waals surface area contributed by atoms with Crippen LogP contribution < -0.4 is 5.32 Å². The van der Waals surface area contributed by atoms with Crippen LogP contribution in [-0.4, -0.2) is 33.1 Å². The van der Waals surface area contributed by atoms with Crippen molar-refractivity contribution in [3.05, 3.63) is 36.2 Å². The number of carboxylic acid groups (broad SMARTS) is 1. The minimum atomic E-state index is -0.807. The Bertz CT molecular complexity index is 621. The van der Waals surface area contributed by atoms with E-state index in [1.807, 2.05) is 18.2 Å². The van der Waals surface area contributed by atoms with E-state index in [4.69, 9.17) is 5.11 Å². The lowest BCUT2D eigenvalue weighted by molar-refractivity contribution is -0.141. The Labute approximate surface area is 116 Å². The van der Waals surface area contributed by atoms with Crippen molar-refractivity contribution in [1.82, 2.24) is 14.9 Å². The van der Waals surface area contributed by atoms with Crippen molar-refractivity contribution in [3.63, 3.8) is 0 Å². The first-order valence-electron chi connectivity index (χ1n) is 6.53. The lowest BCUT2D eigenvalue weighted by Crippen LogP contribution is -2.25. The fourth-order valence-electron chi connectivity index (χ4n) is 1.94. The highest BCUT2D eigenvalue weighted by Gasteiger charge is 2.13. The number of amides is 1. The molecule has 0 aliphatic rings. The van der Waals surface area contributed by atoms with Crippen molar-refractivity contribution in [2.24, 2.45) is 5.92 Å². The maximum atomic E-state index is 12.0. The molecule has 2 N–H and O–H groups in total. The fourth-order valence-corrected chi connectivity index (χ4v) is 1.94. The van der Waals surface area contributed by atoms with E-state index in [0.29, 0.717) is 24.9 Å². The number of carboxylic acids is 1. The molecule has 2 heterocycles. The third kappa shape index (κ3) is 3.14. The van der Waals surface area contributed by atoms with Crippen LogP contribution in [0.3, 0.4) is 0 Å². The quantitative estimate of drug-likeness (QED) is 0.784. The van der Waals surface area contributed by atoms with Crippen molar-refractivity contribution in [3.8, 4) is 0 Å².